The number of hydrogen-bond acceptors (Lipinski definition) is 14. The highest BCUT2D eigenvalue weighted by atomic mass is 16.3. The Balaban J connectivity index is 0.773. The van der Waals surface area contributed by atoms with Crippen molar-refractivity contribution < 1.29 is 24.3 Å². The number of aromatic nitrogens is 5. The number of aliphatic hydroxyl groups excluding tert-OH is 1. The molecule has 4 aromatic heterocycles. The Morgan fingerprint density at radius 1 is 0.859 bits per heavy atom. The Hall–Kier alpha value is -8.00. The van der Waals surface area contributed by atoms with Crippen molar-refractivity contribution in [3.63, 3.8) is 0 Å². The zero-order valence-electron chi connectivity index (χ0n) is 45.3. The second kappa shape index (κ2) is 19.8. The number of piperidine rings is 1. The highest BCUT2D eigenvalue weighted by Crippen LogP contribution is 2.41. The number of piperazine rings is 1. The molecule has 78 heavy (non-hydrogen) atoms. The summed E-state index contributed by atoms with van der Waals surface area (Å²) in [5, 5.41) is 17.1. The van der Waals surface area contributed by atoms with E-state index in [2.05, 4.69) is 74.1 Å². The molecule has 19 heteroatoms. The average Bonchev–Trinajstić information content (AvgIpc) is 4.23. The molecule has 0 spiro atoms. The fourth-order valence-corrected chi connectivity index (χ4v) is 12.4. The molecule has 4 aliphatic heterocycles. The third-order valence-corrected chi connectivity index (χ3v) is 16.3. The van der Waals surface area contributed by atoms with Gasteiger partial charge in [0.2, 0.25) is 5.91 Å². The molecule has 0 radical (unpaired) electrons. The third kappa shape index (κ3) is 9.32. The fourth-order valence-electron chi connectivity index (χ4n) is 12.4. The van der Waals surface area contributed by atoms with Crippen molar-refractivity contribution >= 4 is 63.7 Å². The second-order valence-corrected chi connectivity index (χ2v) is 22.9. The zero-order valence-corrected chi connectivity index (χ0v) is 45.3. The minimum Gasteiger partial charge on any atom is -0.392 e. The van der Waals surface area contributed by atoms with Gasteiger partial charge < -0.3 is 40.4 Å². The first-order valence-corrected chi connectivity index (χ1v) is 26.8. The maximum absolute atomic E-state index is 14.1. The predicted octanol–water partition coefficient (Wildman–Crippen LogP) is 6.75. The molecule has 5 N–H and O–H groups in total. The number of nitrogens with one attached hydrogen (secondary N) is 2. The maximum atomic E-state index is 14.1. The van der Waals surface area contributed by atoms with Crippen LogP contribution in [-0.4, -0.2) is 109 Å². The Labute approximate surface area is 453 Å². The van der Waals surface area contributed by atoms with Crippen molar-refractivity contribution in [2.45, 2.75) is 104 Å². The van der Waals surface area contributed by atoms with Crippen LogP contribution in [0, 0.1) is 5.41 Å². The average molecular weight is 1050 g/mol. The van der Waals surface area contributed by atoms with Crippen LogP contribution in [0.25, 0.3) is 11.3 Å². The van der Waals surface area contributed by atoms with E-state index in [4.69, 9.17) is 10.7 Å². The first-order chi connectivity index (χ1) is 37.2. The number of carbonyl (C=O) groups is 4. The standard InChI is InChI=1S/C59H67N13O6/c1-9-51(74)64-45-26-37(63-52-57(78)66(8)32-46(65-52)41-15-18-62-53(44(41)33-73)71-23-22-70-48(56(71)77)25-36-29-58(4,5)30-49(36)70)10-13-47(45)69-21-20-67(31-35(69)3)38-16-19-68(34(2)24-38)39-11-12-42-43(27-39)55(76)72(54(42)75)40-14-17-61-50(28-40)59(6,7)60/h9-15,17-18,25-28,32,34-35,38,73H,1,16,19-24,29-31,33,60H2,2-8H3,(H,63,65)(H,64,74)/t34-,35-,38?/m0/s1. The molecule has 2 saturated heterocycles. The number of aryl methyl sites for hydroxylation is 1. The largest absolute Gasteiger partial charge is 0.392 e. The van der Waals surface area contributed by atoms with E-state index in [0.717, 1.165) is 56.7 Å². The smallest absolute Gasteiger partial charge is 0.293 e. The van der Waals surface area contributed by atoms with Crippen molar-refractivity contribution in [3.8, 4) is 11.3 Å². The van der Waals surface area contributed by atoms with Crippen LogP contribution in [0.15, 0.2) is 96.7 Å². The van der Waals surface area contributed by atoms with Crippen molar-refractivity contribution in [1.82, 2.24) is 29.0 Å². The monoisotopic (exact) mass is 1050 g/mol. The zero-order chi connectivity index (χ0) is 55.1. The van der Waals surface area contributed by atoms with E-state index in [0.29, 0.717) is 87.9 Å². The van der Waals surface area contributed by atoms with Crippen molar-refractivity contribution in [2.24, 2.45) is 18.2 Å². The topological polar surface area (TPSA) is 220 Å². The lowest BCUT2D eigenvalue weighted by atomic mass is 9.90. The summed E-state index contributed by atoms with van der Waals surface area (Å²) in [5.74, 6) is -0.921. The van der Waals surface area contributed by atoms with E-state index >= 15 is 0 Å². The Bertz CT molecular complexity index is 3520. The lowest BCUT2D eigenvalue weighted by Gasteiger charge is -2.48. The lowest BCUT2D eigenvalue weighted by Crippen LogP contribution is -2.58. The van der Waals surface area contributed by atoms with Gasteiger partial charge in [0.15, 0.2) is 5.82 Å². The van der Waals surface area contributed by atoms with Gasteiger partial charge in [-0.05, 0) is 131 Å². The SMILES string of the molecule is C=CC(=O)Nc1cc(Nc2nc(-c3ccnc(N4CCn5c(cc6c5CC(C)(C)C6)C4=O)c3CO)cn(C)c2=O)ccc1N1CCN(C2CCN(c3ccc4c(c3)C(=O)N(c3ccnc(C(C)(C)N)c3)C4=O)[C@@H](C)C2)C[C@@H]1C. The number of rotatable bonds is 12. The third-order valence-electron chi connectivity index (χ3n) is 16.3. The molecule has 3 atom stereocenters. The van der Waals surface area contributed by atoms with Gasteiger partial charge >= 0.3 is 0 Å². The molecule has 0 bridgehead atoms. The summed E-state index contributed by atoms with van der Waals surface area (Å²) in [7, 11) is 1.63. The lowest BCUT2D eigenvalue weighted by molar-refractivity contribution is -0.111. The van der Waals surface area contributed by atoms with Crippen molar-refractivity contribution in [2.75, 3.05) is 63.0 Å². The van der Waals surface area contributed by atoms with Gasteiger partial charge in [-0.2, -0.15) is 0 Å². The van der Waals surface area contributed by atoms with Gasteiger partial charge in [0.25, 0.3) is 23.3 Å². The van der Waals surface area contributed by atoms with Gasteiger partial charge in [-0.25, -0.2) is 14.9 Å². The molecule has 19 nitrogen and oxygen atoms in total. The first kappa shape index (κ1) is 52.1. The van der Waals surface area contributed by atoms with E-state index in [9.17, 15) is 29.1 Å². The number of nitrogens with two attached hydrogens (primary N) is 1. The number of nitrogens with zero attached hydrogens (tertiary/aromatic N) is 10. The summed E-state index contributed by atoms with van der Waals surface area (Å²) >= 11 is 0. The van der Waals surface area contributed by atoms with Gasteiger partial charge in [0, 0.05) is 111 Å². The number of imide groups is 1. The van der Waals surface area contributed by atoms with Crippen LogP contribution in [-0.2, 0) is 43.4 Å². The molecular weight excluding hydrogens is 987 g/mol. The number of hydrogen-bond donors (Lipinski definition) is 4. The Morgan fingerprint density at radius 3 is 2.38 bits per heavy atom. The predicted molar refractivity (Wildman–Crippen MR) is 302 cm³/mol. The molecule has 1 aliphatic carbocycles. The minimum absolute atomic E-state index is 0.0240. The molecule has 1 unspecified atom stereocenters. The normalized spacial score (nSPS) is 20.2. The summed E-state index contributed by atoms with van der Waals surface area (Å²) in [6, 6.07) is 18.8. The molecule has 404 valence electrons. The number of pyridine rings is 2. The van der Waals surface area contributed by atoms with E-state index < -0.39 is 17.7 Å². The van der Waals surface area contributed by atoms with Gasteiger partial charge in [-0.3, -0.25) is 38.8 Å². The summed E-state index contributed by atoms with van der Waals surface area (Å²) in [6.45, 7) is 19.9. The number of benzene rings is 2. The Kier molecular flexibility index (Phi) is 13.2. The summed E-state index contributed by atoms with van der Waals surface area (Å²) in [4.78, 5) is 92.1. The number of amides is 4. The highest BCUT2D eigenvalue weighted by molar-refractivity contribution is 6.34. The number of carbonyl (C=O) groups excluding carboxylic acids is 4. The van der Waals surface area contributed by atoms with E-state index in [-0.39, 0.29) is 46.9 Å². The van der Waals surface area contributed by atoms with Gasteiger partial charge in [-0.1, -0.05) is 20.4 Å². The Morgan fingerprint density at radius 2 is 1.64 bits per heavy atom. The van der Waals surface area contributed by atoms with Gasteiger partial charge in [0.05, 0.1) is 51.7 Å². The van der Waals surface area contributed by atoms with E-state index in [1.165, 1.54) is 26.8 Å². The van der Waals surface area contributed by atoms with Crippen molar-refractivity contribution in [1.29, 1.82) is 0 Å². The molecule has 11 rings (SSSR count). The van der Waals surface area contributed by atoms with Crippen LogP contribution in [0.4, 0.5) is 40.1 Å². The molecule has 4 amide bonds. The molecule has 8 heterocycles. The van der Waals surface area contributed by atoms with E-state index in [1.54, 1.807) is 60.9 Å². The van der Waals surface area contributed by atoms with Gasteiger partial charge in [-0.15, -0.1) is 0 Å². The second-order valence-electron chi connectivity index (χ2n) is 22.9. The summed E-state index contributed by atoms with van der Waals surface area (Å²) < 4.78 is 3.56. The van der Waals surface area contributed by atoms with Crippen LogP contribution in [0.2, 0.25) is 0 Å². The van der Waals surface area contributed by atoms with Crippen LogP contribution >= 0.6 is 0 Å². The molecule has 2 fully saturated rings. The maximum Gasteiger partial charge on any atom is 0.293 e. The number of fused-ring (bicyclic) bond motifs is 4. The molecule has 2 aromatic carbocycles. The molecule has 5 aliphatic rings. The van der Waals surface area contributed by atoms with Crippen LogP contribution < -0.4 is 41.5 Å². The van der Waals surface area contributed by atoms with Gasteiger partial charge in [0.1, 0.15) is 11.5 Å². The molecule has 6 aromatic rings. The van der Waals surface area contributed by atoms with Crippen LogP contribution in [0.1, 0.15) is 108 Å². The molecule has 0 saturated carbocycles. The first-order valence-electron chi connectivity index (χ1n) is 26.8. The summed E-state index contributed by atoms with van der Waals surface area (Å²) in [6.07, 6.45) is 9.63. The molecular formula is C59H67N13O6. The number of anilines is 7. The quantitative estimate of drug-likeness (QED) is 0.0737. The highest BCUT2D eigenvalue weighted by Gasteiger charge is 2.41. The van der Waals surface area contributed by atoms with E-state index in [1.807, 2.05) is 44.2 Å². The number of aliphatic hydroxyl groups is 1. The van der Waals surface area contributed by atoms with Crippen LogP contribution in [0.5, 0.6) is 0 Å². The fraction of sp³-hybridized carbons (Fsp3) is 0.390. The summed E-state index contributed by atoms with van der Waals surface area (Å²) in [5.41, 5.74) is 14.2. The minimum atomic E-state index is -0.746. The van der Waals surface area contributed by atoms with Crippen molar-refractivity contribution in [3.05, 3.63) is 142 Å². The van der Waals surface area contributed by atoms with Crippen LogP contribution in [0.3, 0.4) is 0 Å².